The minimum Gasteiger partial charge on any atom is -0.494 e. The van der Waals surface area contributed by atoms with Crippen molar-refractivity contribution in [3.63, 3.8) is 0 Å². The van der Waals surface area contributed by atoms with Crippen molar-refractivity contribution in [1.29, 1.82) is 0 Å². The molecule has 92 valence electrons. The number of halogens is 1. The lowest BCUT2D eigenvalue weighted by atomic mass is 10.2. The van der Waals surface area contributed by atoms with Gasteiger partial charge in [0.1, 0.15) is 0 Å². The van der Waals surface area contributed by atoms with Crippen molar-refractivity contribution in [2.24, 2.45) is 0 Å². The molecule has 17 heavy (non-hydrogen) atoms. The fourth-order valence-electron chi connectivity index (χ4n) is 1.59. The van der Waals surface area contributed by atoms with Crippen LogP contribution in [0.25, 0.3) is 10.9 Å². The molecule has 1 heterocycles. The lowest BCUT2D eigenvalue weighted by Crippen LogP contribution is -2.03. The van der Waals surface area contributed by atoms with Crippen molar-refractivity contribution in [3.8, 4) is 5.75 Å². The van der Waals surface area contributed by atoms with Crippen LogP contribution in [0.1, 0.15) is 25.6 Å². The molecule has 0 spiro atoms. The lowest BCUT2D eigenvalue weighted by molar-refractivity contribution is 0.0941. The number of fused-ring (bicyclic) bond motifs is 1. The number of hydrogen-bond donors (Lipinski definition) is 0. The van der Waals surface area contributed by atoms with Crippen molar-refractivity contribution < 1.29 is 13.9 Å². The maximum atomic E-state index is 13.7. The van der Waals surface area contributed by atoms with Gasteiger partial charge in [0, 0.05) is 18.5 Å². The Labute approximate surface area is 99.8 Å². The molecule has 0 unspecified atom stereocenters. The van der Waals surface area contributed by atoms with Gasteiger partial charge in [-0.15, -0.1) is 0 Å². The molecule has 0 atom stereocenters. The van der Waals surface area contributed by atoms with E-state index < -0.39 is 5.82 Å². The Bertz CT molecular complexity index is 531. The minimum atomic E-state index is -0.435. The molecule has 0 radical (unpaired) electrons. The maximum Gasteiger partial charge on any atom is 0.227 e. The average molecular weight is 237 g/mol. The summed E-state index contributed by atoms with van der Waals surface area (Å²) in [5, 5.41) is 0.393. The zero-order valence-corrected chi connectivity index (χ0v) is 10.5. The first kappa shape index (κ1) is 13.2. The van der Waals surface area contributed by atoms with Crippen molar-refractivity contribution in [2.75, 3.05) is 7.11 Å². The molecular formula is C13H16FNO2. The van der Waals surface area contributed by atoms with Crippen LogP contribution in [0.5, 0.6) is 5.75 Å². The number of rotatable bonds is 1. The van der Waals surface area contributed by atoms with Gasteiger partial charge in [-0.25, -0.2) is 4.39 Å². The largest absolute Gasteiger partial charge is 0.494 e. The van der Waals surface area contributed by atoms with E-state index in [2.05, 4.69) is 0 Å². The van der Waals surface area contributed by atoms with Gasteiger partial charge in [-0.3, -0.25) is 9.36 Å². The van der Waals surface area contributed by atoms with E-state index in [-0.39, 0.29) is 11.7 Å². The quantitative estimate of drug-likeness (QED) is 0.760. The summed E-state index contributed by atoms with van der Waals surface area (Å²) in [5.74, 6) is -0.395. The Morgan fingerprint density at radius 3 is 2.47 bits per heavy atom. The van der Waals surface area contributed by atoms with Gasteiger partial charge in [0.15, 0.2) is 11.6 Å². The molecule has 0 saturated carbocycles. The highest BCUT2D eigenvalue weighted by molar-refractivity contribution is 5.92. The van der Waals surface area contributed by atoms with Gasteiger partial charge < -0.3 is 4.74 Å². The topological polar surface area (TPSA) is 31.2 Å². The van der Waals surface area contributed by atoms with Crippen LogP contribution in [-0.2, 0) is 0 Å². The van der Waals surface area contributed by atoms with E-state index in [1.54, 1.807) is 18.3 Å². The first-order chi connectivity index (χ1) is 8.15. The van der Waals surface area contributed by atoms with Crippen molar-refractivity contribution in [2.45, 2.75) is 20.8 Å². The molecule has 0 aliphatic carbocycles. The Balaban J connectivity index is 0.000000686. The van der Waals surface area contributed by atoms with Gasteiger partial charge in [-0.1, -0.05) is 13.8 Å². The SMILES string of the molecule is CC.COc1ccc2c(ccn2C(C)=O)c1F. The van der Waals surface area contributed by atoms with Gasteiger partial charge in [0.05, 0.1) is 12.6 Å². The van der Waals surface area contributed by atoms with Crippen molar-refractivity contribution >= 4 is 16.8 Å². The summed E-state index contributed by atoms with van der Waals surface area (Å²) in [6, 6.07) is 4.74. The highest BCUT2D eigenvalue weighted by atomic mass is 19.1. The van der Waals surface area contributed by atoms with E-state index in [9.17, 15) is 9.18 Å². The first-order valence-corrected chi connectivity index (χ1v) is 5.49. The van der Waals surface area contributed by atoms with Crippen LogP contribution in [-0.4, -0.2) is 17.6 Å². The molecule has 0 saturated heterocycles. The van der Waals surface area contributed by atoms with Crippen molar-refractivity contribution in [1.82, 2.24) is 4.57 Å². The highest BCUT2D eigenvalue weighted by Gasteiger charge is 2.12. The fraction of sp³-hybridized carbons (Fsp3) is 0.308. The molecule has 3 nitrogen and oxygen atoms in total. The number of nitrogens with zero attached hydrogens (tertiary/aromatic N) is 1. The molecule has 2 rings (SSSR count). The predicted octanol–water partition coefficient (Wildman–Crippen LogP) is 3.48. The normalized spacial score (nSPS) is 9.71. The fourth-order valence-corrected chi connectivity index (χ4v) is 1.59. The molecule has 0 N–H and O–H groups in total. The van der Waals surface area contributed by atoms with E-state index in [0.29, 0.717) is 10.9 Å². The second-order valence-corrected chi connectivity index (χ2v) is 3.22. The summed E-state index contributed by atoms with van der Waals surface area (Å²) >= 11 is 0. The van der Waals surface area contributed by atoms with Gasteiger partial charge in [0.25, 0.3) is 0 Å². The highest BCUT2D eigenvalue weighted by Crippen LogP contribution is 2.26. The van der Waals surface area contributed by atoms with E-state index in [1.807, 2.05) is 13.8 Å². The van der Waals surface area contributed by atoms with Crippen molar-refractivity contribution in [3.05, 3.63) is 30.2 Å². The van der Waals surface area contributed by atoms with E-state index in [1.165, 1.54) is 24.7 Å². The number of carbonyl (C=O) groups excluding carboxylic acids is 1. The number of aromatic nitrogens is 1. The zero-order valence-electron chi connectivity index (χ0n) is 10.5. The summed E-state index contributed by atoms with van der Waals surface area (Å²) in [6.07, 6.45) is 1.55. The molecule has 0 aliphatic heterocycles. The van der Waals surface area contributed by atoms with Gasteiger partial charge in [0.2, 0.25) is 5.91 Å². The molecule has 1 aromatic carbocycles. The Morgan fingerprint density at radius 1 is 1.29 bits per heavy atom. The molecule has 0 aliphatic rings. The molecule has 0 fully saturated rings. The number of benzene rings is 1. The Hall–Kier alpha value is -1.84. The second kappa shape index (κ2) is 5.48. The van der Waals surface area contributed by atoms with Crippen LogP contribution in [0.15, 0.2) is 24.4 Å². The summed E-state index contributed by atoms with van der Waals surface area (Å²) in [4.78, 5) is 11.2. The number of methoxy groups -OCH3 is 1. The van der Waals surface area contributed by atoms with Crippen LogP contribution in [0.3, 0.4) is 0 Å². The molecule has 0 amide bonds. The van der Waals surface area contributed by atoms with Crippen LogP contribution < -0.4 is 4.74 Å². The summed E-state index contributed by atoms with van der Waals surface area (Å²) in [5.41, 5.74) is 0.556. The standard InChI is InChI=1S/C11H10FNO2.C2H6/c1-7(14)13-6-5-8-9(13)3-4-10(15-2)11(8)12;1-2/h3-6H,1-2H3;1-2H3. The minimum absolute atomic E-state index is 0.144. The molecular weight excluding hydrogens is 221 g/mol. The maximum absolute atomic E-state index is 13.7. The van der Waals surface area contributed by atoms with Crippen LogP contribution >= 0.6 is 0 Å². The molecule has 1 aromatic heterocycles. The smallest absolute Gasteiger partial charge is 0.227 e. The van der Waals surface area contributed by atoms with Crippen LogP contribution in [0.4, 0.5) is 4.39 Å². The predicted molar refractivity (Wildman–Crippen MR) is 66.1 cm³/mol. The number of hydrogen-bond acceptors (Lipinski definition) is 2. The monoisotopic (exact) mass is 237 g/mol. The second-order valence-electron chi connectivity index (χ2n) is 3.22. The number of ether oxygens (including phenoxy) is 1. The lowest BCUT2D eigenvalue weighted by Gasteiger charge is -2.03. The third-order valence-corrected chi connectivity index (χ3v) is 2.33. The van der Waals surface area contributed by atoms with E-state index in [0.717, 1.165) is 0 Å². The third-order valence-electron chi connectivity index (χ3n) is 2.33. The Morgan fingerprint density at radius 2 is 1.94 bits per heavy atom. The molecule has 0 bridgehead atoms. The summed E-state index contributed by atoms with van der Waals surface area (Å²) in [7, 11) is 1.41. The summed E-state index contributed by atoms with van der Waals surface area (Å²) < 4.78 is 20.0. The van der Waals surface area contributed by atoms with E-state index >= 15 is 0 Å². The molecule has 4 heteroatoms. The zero-order chi connectivity index (χ0) is 13.0. The van der Waals surface area contributed by atoms with E-state index in [4.69, 9.17) is 4.74 Å². The average Bonchev–Trinajstić information content (AvgIpc) is 2.77. The Kier molecular flexibility index (Phi) is 4.26. The van der Waals surface area contributed by atoms with Gasteiger partial charge in [-0.2, -0.15) is 0 Å². The van der Waals surface area contributed by atoms with Crippen LogP contribution in [0.2, 0.25) is 0 Å². The third kappa shape index (κ3) is 2.30. The molecule has 2 aromatic rings. The van der Waals surface area contributed by atoms with Gasteiger partial charge in [-0.05, 0) is 18.2 Å². The van der Waals surface area contributed by atoms with Crippen LogP contribution in [0, 0.1) is 5.82 Å². The first-order valence-electron chi connectivity index (χ1n) is 5.49. The number of carbonyl (C=O) groups is 1. The van der Waals surface area contributed by atoms with Gasteiger partial charge >= 0.3 is 0 Å². The summed E-state index contributed by atoms with van der Waals surface area (Å²) in [6.45, 7) is 5.43.